The molecule has 0 radical (unpaired) electrons. The van der Waals surface area contributed by atoms with Crippen molar-refractivity contribution in [2.75, 3.05) is 49.3 Å². The molecule has 3 aromatic carbocycles. The third kappa shape index (κ3) is 11.3. The number of rotatable bonds is 7. The normalized spacial score (nSPS) is 19.4. The number of nitrogens with zero attached hydrogens (tertiary/aromatic N) is 2. The molecule has 4 rings (SSSR count). The third-order valence-corrected chi connectivity index (χ3v) is 8.68. The second kappa shape index (κ2) is 18.0. The van der Waals surface area contributed by atoms with E-state index in [2.05, 4.69) is 16.0 Å². The molecule has 0 saturated heterocycles. The van der Waals surface area contributed by atoms with Crippen molar-refractivity contribution in [3.8, 4) is 5.75 Å². The molecule has 15 heteroatoms. The Morgan fingerprint density at radius 2 is 1.58 bits per heavy atom. The van der Waals surface area contributed by atoms with E-state index in [4.69, 9.17) is 9.47 Å². The molecule has 0 aliphatic carbocycles. The molecule has 1 aliphatic rings. The van der Waals surface area contributed by atoms with Crippen molar-refractivity contribution in [1.29, 1.82) is 0 Å². The zero-order chi connectivity index (χ0) is 38.0. The number of aliphatic hydroxyl groups excluding tert-OH is 1. The summed E-state index contributed by atoms with van der Waals surface area (Å²) >= 11 is 0. The van der Waals surface area contributed by atoms with E-state index in [0.717, 1.165) is 30.7 Å². The van der Waals surface area contributed by atoms with E-state index < -0.39 is 47.7 Å². The van der Waals surface area contributed by atoms with Gasteiger partial charge in [-0.2, -0.15) is 13.2 Å². The summed E-state index contributed by atoms with van der Waals surface area (Å²) in [5.74, 6) is -0.972. The molecule has 5 amide bonds. The van der Waals surface area contributed by atoms with Gasteiger partial charge in [-0.1, -0.05) is 6.92 Å². The van der Waals surface area contributed by atoms with E-state index in [0.29, 0.717) is 25.1 Å². The second-order valence-electron chi connectivity index (χ2n) is 13.0. The van der Waals surface area contributed by atoms with Gasteiger partial charge in [0, 0.05) is 49.7 Å². The SMILES string of the molecule is C[C@@H]1CCCCO[C@H](CN(C)C(=O)Nc2ccc(F)cc2)[C@H](C)CN([C@@H](C)CO)C(=O)c2cc(NC(=O)Nc3ccc(C(F)(F)F)cc3)ccc2O1. The largest absolute Gasteiger partial charge is 0.490 e. The van der Waals surface area contributed by atoms with E-state index in [1.165, 1.54) is 40.1 Å². The quantitative estimate of drug-likeness (QED) is 0.187. The van der Waals surface area contributed by atoms with Crippen LogP contribution in [0.5, 0.6) is 5.75 Å². The van der Waals surface area contributed by atoms with Gasteiger partial charge in [-0.15, -0.1) is 0 Å². The number of carbonyl (C=O) groups excluding carboxylic acids is 3. The van der Waals surface area contributed by atoms with Crippen molar-refractivity contribution in [2.45, 2.75) is 64.5 Å². The number of likely N-dealkylation sites (N-methyl/N-ethyl adjacent to an activating group) is 1. The molecule has 0 spiro atoms. The zero-order valence-corrected chi connectivity index (χ0v) is 29.5. The van der Waals surface area contributed by atoms with Crippen LogP contribution in [0.4, 0.5) is 44.2 Å². The van der Waals surface area contributed by atoms with E-state index in [1.54, 1.807) is 26.1 Å². The number of carbonyl (C=O) groups is 3. The molecule has 0 bridgehead atoms. The Morgan fingerprint density at radius 1 is 0.962 bits per heavy atom. The Labute approximate surface area is 300 Å². The van der Waals surface area contributed by atoms with Gasteiger partial charge in [-0.3, -0.25) is 4.79 Å². The van der Waals surface area contributed by atoms with Crippen molar-refractivity contribution in [1.82, 2.24) is 9.80 Å². The topological polar surface area (TPSA) is 132 Å². The molecule has 0 unspecified atom stereocenters. The summed E-state index contributed by atoms with van der Waals surface area (Å²) < 4.78 is 64.7. The number of urea groups is 2. The third-order valence-electron chi connectivity index (χ3n) is 8.68. The molecular weight excluding hydrogens is 686 g/mol. The molecule has 11 nitrogen and oxygen atoms in total. The number of fused-ring (bicyclic) bond motifs is 1. The van der Waals surface area contributed by atoms with Crippen LogP contribution in [-0.4, -0.2) is 84.5 Å². The molecule has 1 heterocycles. The number of ether oxygens (including phenoxy) is 2. The molecule has 0 saturated carbocycles. The van der Waals surface area contributed by atoms with E-state index in [1.807, 2.05) is 13.8 Å². The standard InChI is InChI=1S/C37H45F4N5O6/c1-23-20-46(24(2)22-47)34(48)31-19-30(43-35(49)42-28-12-8-26(9-13-28)37(39,40)41)16-17-32(31)52-25(3)7-5-6-18-51-33(23)21-45(4)36(50)44-29-14-10-27(38)11-15-29/h8-17,19,23-25,33,47H,5-7,18,20-22H2,1-4H3,(H,44,50)(H2,42,43,49)/t23-,24+,25-,33-/m1/s1. The van der Waals surface area contributed by atoms with Crippen LogP contribution in [0.2, 0.25) is 0 Å². The Hall–Kier alpha value is -4.89. The first-order chi connectivity index (χ1) is 24.6. The van der Waals surface area contributed by atoms with Gasteiger partial charge < -0.3 is 40.3 Å². The lowest BCUT2D eigenvalue weighted by atomic mass is 10.0. The van der Waals surface area contributed by atoms with Crippen LogP contribution in [0.25, 0.3) is 0 Å². The summed E-state index contributed by atoms with van der Waals surface area (Å²) in [6, 6.07) is 12.1. The molecule has 282 valence electrons. The number of benzene rings is 3. The van der Waals surface area contributed by atoms with E-state index in [9.17, 15) is 37.1 Å². The van der Waals surface area contributed by atoms with Crippen LogP contribution in [-0.2, 0) is 10.9 Å². The maximum atomic E-state index is 14.3. The van der Waals surface area contributed by atoms with Gasteiger partial charge in [0.05, 0.1) is 36.0 Å². The Balaban J connectivity index is 1.56. The highest BCUT2D eigenvalue weighted by Gasteiger charge is 2.32. The minimum atomic E-state index is -4.52. The number of hydrogen-bond acceptors (Lipinski definition) is 6. The number of halogens is 4. The van der Waals surface area contributed by atoms with Gasteiger partial charge in [0.25, 0.3) is 5.91 Å². The minimum absolute atomic E-state index is 0.122. The van der Waals surface area contributed by atoms with Gasteiger partial charge in [-0.25, -0.2) is 14.0 Å². The number of hydrogen-bond donors (Lipinski definition) is 4. The Morgan fingerprint density at radius 3 is 2.23 bits per heavy atom. The minimum Gasteiger partial charge on any atom is -0.490 e. The second-order valence-corrected chi connectivity index (χ2v) is 13.0. The molecular formula is C37H45F4N5O6. The fraction of sp³-hybridized carbons (Fsp3) is 0.432. The van der Waals surface area contributed by atoms with Crippen molar-refractivity contribution >= 4 is 35.0 Å². The molecule has 52 heavy (non-hydrogen) atoms. The van der Waals surface area contributed by atoms with Crippen molar-refractivity contribution < 1.29 is 46.5 Å². The number of amides is 5. The predicted octanol–water partition coefficient (Wildman–Crippen LogP) is 7.45. The summed E-state index contributed by atoms with van der Waals surface area (Å²) in [7, 11) is 1.61. The van der Waals surface area contributed by atoms with Crippen molar-refractivity contribution in [2.24, 2.45) is 5.92 Å². The highest BCUT2D eigenvalue weighted by molar-refractivity contribution is 6.02. The monoisotopic (exact) mass is 731 g/mol. The molecule has 4 N–H and O–H groups in total. The van der Waals surface area contributed by atoms with Crippen LogP contribution in [0.3, 0.4) is 0 Å². The van der Waals surface area contributed by atoms with Gasteiger partial charge in [-0.05, 0) is 99.8 Å². The zero-order valence-electron chi connectivity index (χ0n) is 29.5. The van der Waals surface area contributed by atoms with Gasteiger partial charge in [0.15, 0.2) is 0 Å². The van der Waals surface area contributed by atoms with E-state index in [-0.39, 0.29) is 54.4 Å². The predicted molar refractivity (Wildman–Crippen MR) is 189 cm³/mol. The molecule has 1 aliphatic heterocycles. The Kier molecular flexibility index (Phi) is 13.8. The van der Waals surface area contributed by atoms with Crippen LogP contribution in [0.1, 0.15) is 56.0 Å². The average Bonchev–Trinajstić information content (AvgIpc) is 3.10. The highest BCUT2D eigenvalue weighted by Crippen LogP contribution is 2.31. The number of anilines is 3. The van der Waals surface area contributed by atoms with Crippen LogP contribution in [0, 0.1) is 11.7 Å². The van der Waals surface area contributed by atoms with Gasteiger partial charge >= 0.3 is 18.2 Å². The summed E-state index contributed by atoms with van der Waals surface area (Å²) in [4.78, 5) is 43.1. The van der Waals surface area contributed by atoms with Crippen molar-refractivity contribution in [3.05, 3.63) is 83.7 Å². The molecule has 0 aromatic heterocycles. The van der Waals surface area contributed by atoms with Crippen LogP contribution in [0.15, 0.2) is 66.7 Å². The molecule has 4 atom stereocenters. The Bertz CT molecular complexity index is 1660. The summed E-state index contributed by atoms with van der Waals surface area (Å²) in [6.07, 6.45) is -3.22. The molecule has 3 aromatic rings. The molecule has 0 fully saturated rings. The van der Waals surface area contributed by atoms with Crippen LogP contribution >= 0.6 is 0 Å². The number of alkyl halides is 3. The maximum absolute atomic E-state index is 14.3. The number of nitrogens with one attached hydrogen (secondary N) is 3. The first-order valence-corrected chi connectivity index (χ1v) is 17.0. The summed E-state index contributed by atoms with van der Waals surface area (Å²) in [6.45, 7) is 5.78. The van der Waals surface area contributed by atoms with Crippen LogP contribution < -0.4 is 20.7 Å². The highest BCUT2D eigenvalue weighted by atomic mass is 19.4. The fourth-order valence-corrected chi connectivity index (χ4v) is 5.60. The fourth-order valence-electron chi connectivity index (χ4n) is 5.60. The van der Waals surface area contributed by atoms with Gasteiger partial charge in [0.1, 0.15) is 11.6 Å². The first-order valence-electron chi connectivity index (χ1n) is 17.0. The lowest BCUT2D eigenvalue weighted by molar-refractivity contribution is -0.137. The smallest absolute Gasteiger partial charge is 0.416 e. The number of aliphatic hydroxyl groups is 1. The lowest BCUT2D eigenvalue weighted by Gasteiger charge is -2.35. The summed E-state index contributed by atoms with van der Waals surface area (Å²) in [5.41, 5.74) is 0.0354. The van der Waals surface area contributed by atoms with Gasteiger partial charge in [0.2, 0.25) is 0 Å². The maximum Gasteiger partial charge on any atom is 0.416 e. The average molecular weight is 732 g/mol. The van der Waals surface area contributed by atoms with Crippen molar-refractivity contribution in [3.63, 3.8) is 0 Å². The first kappa shape index (κ1) is 39.9. The van der Waals surface area contributed by atoms with E-state index >= 15 is 0 Å². The lowest BCUT2D eigenvalue weighted by Crippen LogP contribution is -2.48. The summed E-state index contributed by atoms with van der Waals surface area (Å²) in [5, 5.41) is 18.0.